The first-order valence-corrected chi connectivity index (χ1v) is 13.1. The molecule has 0 heterocycles. The molecule has 11 heteroatoms. The van der Waals surface area contributed by atoms with Crippen LogP contribution in [-0.2, 0) is 30.5 Å². The first-order valence-electron chi connectivity index (χ1n) is 13.1. The molecule has 3 aromatic carbocycles. The number of carbonyl (C=O) groups is 4. The van der Waals surface area contributed by atoms with Gasteiger partial charge < -0.3 is 36.3 Å². The molecule has 0 fully saturated rings. The minimum Gasteiger partial charge on any atom is -0.459 e. The number of alkyl carbamates (subject to hydrolysis) is 1. The van der Waals surface area contributed by atoms with Gasteiger partial charge in [-0.05, 0) is 27.8 Å². The number of nitrogens with one attached hydrogen (secondary N) is 3. The van der Waals surface area contributed by atoms with E-state index in [1.165, 1.54) is 0 Å². The largest absolute Gasteiger partial charge is 0.459 e. The Hall–Kier alpha value is -4.74. The van der Waals surface area contributed by atoms with Crippen LogP contribution in [0.4, 0.5) is 4.79 Å². The van der Waals surface area contributed by atoms with Crippen LogP contribution < -0.4 is 21.7 Å². The zero-order chi connectivity index (χ0) is 29.2. The molecule has 0 unspecified atom stereocenters. The van der Waals surface area contributed by atoms with Crippen molar-refractivity contribution in [3.63, 3.8) is 0 Å². The number of fused-ring (bicyclic) bond motifs is 3. The molecular weight excluding hydrogens is 528 g/mol. The molecule has 3 aromatic rings. The quantitative estimate of drug-likeness (QED) is 0.206. The van der Waals surface area contributed by atoms with Crippen molar-refractivity contribution in [2.45, 2.75) is 24.6 Å². The van der Waals surface area contributed by atoms with Gasteiger partial charge in [0, 0.05) is 5.92 Å². The molecule has 0 aliphatic heterocycles. The third kappa shape index (κ3) is 7.47. The SMILES string of the molecule is NCC(=O)N[C@@H](CNC(=O)OCC1c2ccccc2-c2ccccc21)C(=O)N[C@@H](CO)C(=O)OCc1ccccc1. The number of amides is 3. The summed E-state index contributed by atoms with van der Waals surface area (Å²) in [4.78, 5) is 49.9. The fourth-order valence-corrected chi connectivity index (χ4v) is 4.58. The third-order valence-electron chi connectivity index (χ3n) is 6.64. The highest BCUT2D eigenvalue weighted by molar-refractivity contribution is 5.91. The van der Waals surface area contributed by atoms with Crippen molar-refractivity contribution in [2.75, 3.05) is 26.3 Å². The smallest absolute Gasteiger partial charge is 0.407 e. The second kappa shape index (κ2) is 14.1. The summed E-state index contributed by atoms with van der Waals surface area (Å²) in [5, 5.41) is 16.9. The van der Waals surface area contributed by atoms with Crippen LogP contribution in [-0.4, -0.2) is 67.4 Å². The van der Waals surface area contributed by atoms with E-state index >= 15 is 0 Å². The molecule has 4 rings (SSSR count). The number of carbonyl (C=O) groups excluding carboxylic acids is 4. The highest BCUT2D eigenvalue weighted by Gasteiger charge is 2.30. The summed E-state index contributed by atoms with van der Waals surface area (Å²) in [6.07, 6.45) is -0.798. The molecule has 0 aromatic heterocycles. The van der Waals surface area contributed by atoms with Crippen LogP contribution in [0.25, 0.3) is 11.1 Å². The van der Waals surface area contributed by atoms with Crippen molar-refractivity contribution in [3.8, 4) is 11.1 Å². The van der Waals surface area contributed by atoms with Gasteiger partial charge in [-0.3, -0.25) is 9.59 Å². The topological polar surface area (TPSA) is 169 Å². The van der Waals surface area contributed by atoms with Crippen molar-refractivity contribution in [1.29, 1.82) is 0 Å². The lowest BCUT2D eigenvalue weighted by Crippen LogP contribution is -2.57. The Morgan fingerprint density at radius 3 is 2.02 bits per heavy atom. The third-order valence-corrected chi connectivity index (χ3v) is 6.64. The van der Waals surface area contributed by atoms with Gasteiger partial charge in [-0.15, -0.1) is 0 Å². The monoisotopic (exact) mass is 560 g/mol. The molecule has 1 aliphatic carbocycles. The van der Waals surface area contributed by atoms with Crippen LogP contribution in [0.1, 0.15) is 22.6 Å². The Balaban J connectivity index is 1.33. The second-order valence-corrected chi connectivity index (χ2v) is 9.37. The molecule has 0 radical (unpaired) electrons. The zero-order valence-corrected chi connectivity index (χ0v) is 22.2. The first kappa shape index (κ1) is 29.2. The van der Waals surface area contributed by atoms with E-state index in [-0.39, 0.29) is 25.7 Å². The number of ether oxygens (including phenoxy) is 2. The van der Waals surface area contributed by atoms with Crippen LogP contribution in [0.15, 0.2) is 78.9 Å². The van der Waals surface area contributed by atoms with Crippen LogP contribution in [0.2, 0.25) is 0 Å². The van der Waals surface area contributed by atoms with E-state index in [9.17, 15) is 24.3 Å². The molecule has 0 bridgehead atoms. The lowest BCUT2D eigenvalue weighted by molar-refractivity contribution is -0.150. The average molecular weight is 561 g/mol. The average Bonchev–Trinajstić information content (AvgIpc) is 3.33. The van der Waals surface area contributed by atoms with E-state index in [1.807, 2.05) is 54.6 Å². The molecule has 0 saturated carbocycles. The molecule has 2 atom stereocenters. The van der Waals surface area contributed by atoms with Gasteiger partial charge in [0.25, 0.3) is 0 Å². The van der Waals surface area contributed by atoms with Crippen molar-refractivity contribution in [3.05, 3.63) is 95.6 Å². The number of esters is 1. The van der Waals surface area contributed by atoms with E-state index in [0.717, 1.165) is 27.8 Å². The first-order chi connectivity index (χ1) is 19.9. The van der Waals surface area contributed by atoms with Crippen LogP contribution >= 0.6 is 0 Å². The number of hydrogen-bond donors (Lipinski definition) is 5. The zero-order valence-electron chi connectivity index (χ0n) is 22.2. The van der Waals surface area contributed by atoms with Crippen LogP contribution in [0.5, 0.6) is 0 Å². The molecule has 41 heavy (non-hydrogen) atoms. The molecule has 214 valence electrons. The number of rotatable bonds is 12. The van der Waals surface area contributed by atoms with Crippen LogP contribution in [0, 0.1) is 0 Å². The fourth-order valence-electron chi connectivity index (χ4n) is 4.58. The number of benzene rings is 3. The summed E-state index contributed by atoms with van der Waals surface area (Å²) < 4.78 is 10.7. The van der Waals surface area contributed by atoms with Crippen LogP contribution in [0.3, 0.4) is 0 Å². The number of aliphatic hydroxyl groups is 1. The number of aliphatic hydroxyl groups excluding tert-OH is 1. The highest BCUT2D eigenvalue weighted by atomic mass is 16.5. The van der Waals surface area contributed by atoms with Gasteiger partial charge in [-0.2, -0.15) is 0 Å². The summed E-state index contributed by atoms with van der Waals surface area (Å²) in [5.41, 5.74) is 10.4. The maximum Gasteiger partial charge on any atom is 0.407 e. The van der Waals surface area contributed by atoms with Gasteiger partial charge in [0.1, 0.15) is 19.3 Å². The molecule has 0 spiro atoms. The number of hydrogen-bond acceptors (Lipinski definition) is 8. The van der Waals surface area contributed by atoms with Crippen molar-refractivity contribution in [2.24, 2.45) is 5.73 Å². The predicted octanol–water partition coefficient (Wildman–Crippen LogP) is 1.19. The van der Waals surface area contributed by atoms with Crippen molar-refractivity contribution < 1.29 is 33.8 Å². The normalized spacial score (nSPS) is 13.2. The Labute approximate surface area is 237 Å². The maximum absolute atomic E-state index is 12.9. The van der Waals surface area contributed by atoms with Crippen molar-refractivity contribution >= 4 is 23.9 Å². The molecule has 6 N–H and O–H groups in total. The Morgan fingerprint density at radius 1 is 0.805 bits per heavy atom. The lowest BCUT2D eigenvalue weighted by atomic mass is 9.98. The minimum absolute atomic E-state index is 0.0529. The Morgan fingerprint density at radius 2 is 1.41 bits per heavy atom. The van der Waals surface area contributed by atoms with Gasteiger partial charge >= 0.3 is 12.1 Å². The second-order valence-electron chi connectivity index (χ2n) is 9.37. The Kier molecular flexibility index (Phi) is 10.0. The summed E-state index contributed by atoms with van der Waals surface area (Å²) >= 11 is 0. The maximum atomic E-state index is 12.9. The minimum atomic E-state index is -1.39. The van der Waals surface area contributed by atoms with E-state index in [2.05, 4.69) is 16.0 Å². The molecule has 0 saturated heterocycles. The summed E-state index contributed by atoms with van der Waals surface area (Å²) in [6.45, 7) is -1.49. The van der Waals surface area contributed by atoms with E-state index in [1.54, 1.807) is 24.3 Å². The lowest BCUT2D eigenvalue weighted by Gasteiger charge is -2.22. The predicted molar refractivity (Wildman–Crippen MR) is 149 cm³/mol. The van der Waals surface area contributed by atoms with E-state index in [0.29, 0.717) is 0 Å². The fraction of sp³-hybridized carbons (Fsp3) is 0.267. The summed E-state index contributed by atoms with van der Waals surface area (Å²) in [5.74, 6) is -2.51. The van der Waals surface area contributed by atoms with Gasteiger partial charge in [-0.25, -0.2) is 9.59 Å². The van der Waals surface area contributed by atoms with Gasteiger partial charge in [-0.1, -0.05) is 78.9 Å². The van der Waals surface area contributed by atoms with Gasteiger partial charge in [0.15, 0.2) is 6.04 Å². The van der Waals surface area contributed by atoms with E-state index in [4.69, 9.17) is 15.2 Å². The molecule has 11 nitrogen and oxygen atoms in total. The summed E-state index contributed by atoms with van der Waals surface area (Å²) in [7, 11) is 0. The van der Waals surface area contributed by atoms with Gasteiger partial charge in [0.2, 0.25) is 11.8 Å². The van der Waals surface area contributed by atoms with Gasteiger partial charge in [0.05, 0.1) is 19.7 Å². The molecule has 1 aliphatic rings. The van der Waals surface area contributed by atoms with E-state index < -0.39 is 49.1 Å². The standard InChI is InChI=1S/C30H32N4O7/c31-14-27(36)33-25(28(37)34-26(16-35)29(38)40-17-19-8-2-1-3-9-19)15-32-30(39)41-18-24-22-12-6-4-10-20(22)21-11-5-7-13-23(21)24/h1-13,24-26,35H,14-18,31H2,(H,32,39)(H,33,36)(H,34,37)/t25-,26-/m0/s1. The summed E-state index contributed by atoms with van der Waals surface area (Å²) in [6, 6.07) is 22.0. The molecule has 3 amide bonds. The molecular formula is C30H32N4O7. The highest BCUT2D eigenvalue weighted by Crippen LogP contribution is 2.44. The Bertz CT molecular complexity index is 1340. The van der Waals surface area contributed by atoms with Crippen molar-refractivity contribution in [1.82, 2.24) is 16.0 Å². The number of nitrogens with two attached hydrogens (primary N) is 1.